The highest BCUT2D eigenvalue weighted by Crippen LogP contribution is 2.22. The molecule has 0 aliphatic heterocycles. The van der Waals surface area contributed by atoms with Crippen LogP contribution in [0.1, 0.15) is 12.5 Å². The van der Waals surface area contributed by atoms with Crippen LogP contribution in [0.4, 0.5) is 5.69 Å². The number of hydrazone groups is 1. The summed E-state index contributed by atoms with van der Waals surface area (Å²) in [6.07, 6.45) is 0. The lowest BCUT2D eigenvalue weighted by atomic mass is 10.1. The molecule has 0 aliphatic rings. The minimum Gasteiger partial charge on any atom is -0.368 e. The first-order valence-electron chi connectivity index (χ1n) is 6.21. The summed E-state index contributed by atoms with van der Waals surface area (Å²) in [6, 6.07) is 14.7. The van der Waals surface area contributed by atoms with E-state index in [0.29, 0.717) is 10.0 Å². The molecule has 0 unspecified atom stereocenters. The summed E-state index contributed by atoms with van der Waals surface area (Å²) in [4.78, 5) is 4.19. The number of guanidine groups is 1. The molecule has 0 heterocycles. The summed E-state index contributed by atoms with van der Waals surface area (Å²) in [6.45, 7) is 1.84. The largest absolute Gasteiger partial charge is 0.368 e. The Morgan fingerprint density at radius 1 is 1.05 bits per heavy atom. The van der Waals surface area contributed by atoms with Crippen LogP contribution in [0.2, 0.25) is 10.0 Å². The van der Waals surface area contributed by atoms with Crippen LogP contribution >= 0.6 is 23.2 Å². The lowest BCUT2D eigenvalue weighted by Crippen LogP contribution is -2.27. The fraction of sp³-hybridized carbons (Fsp3) is 0.0667. The molecular formula is C15H14Cl2N4. The van der Waals surface area contributed by atoms with Crippen molar-refractivity contribution in [1.29, 1.82) is 0 Å². The number of nitrogens with one attached hydrogen (secondary N) is 1. The van der Waals surface area contributed by atoms with Crippen molar-refractivity contribution < 1.29 is 0 Å². The fourth-order valence-electron chi connectivity index (χ4n) is 1.59. The molecule has 3 N–H and O–H groups in total. The molecular weight excluding hydrogens is 307 g/mol. The van der Waals surface area contributed by atoms with Gasteiger partial charge in [-0.3, -0.25) is 0 Å². The van der Waals surface area contributed by atoms with Gasteiger partial charge in [-0.05, 0) is 36.8 Å². The molecule has 2 aromatic carbocycles. The Morgan fingerprint density at radius 2 is 1.76 bits per heavy atom. The highest BCUT2D eigenvalue weighted by molar-refractivity contribution is 6.42. The van der Waals surface area contributed by atoms with Crippen molar-refractivity contribution in [3.05, 3.63) is 64.1 Å². The zero-order valence-corrected chi connectivity index (χ0v) is 12.9. The summed E-state index contributed by atoms with van der Waals surface area (Å²) in [5.74, 6) is 0.209. The van der Waals surface area contributed by atoms with Crippen molar-refractivity contribution in [2.75, 3.05) is 0 Å². The van der Waals surface area contributed by atoms with Gasteiger partial charge < -0.3 is 5.73 Å². The van der Waals surface area contributed by atoms with Gasteiger partial charge in [0.15, 0.2) is 0 Å². The second-order valence-corrected chi connectivity index (χ2v) is 5.08. The number of nitrogens with two attached hydrogens (primary N) is 1. The molecule has 0 radical (unpaired) electrons. The second kappa shape index (κ2) is 7.11. The minimum absolute atomic E-state index is 0.209. The van der Waals surface area contributed by atoms with Crippen LogP contribution in [0.5, 0.6) is 0 Å². The third-order valence-electron chi connectivity index (χ3n) is 2.68. The number of nitrogens with zero attached hydrogens (tertiary/aromatic N) is 2. The molecule has 0 fully saturated rings. The standard InChI is InChI=1S/C15H14Cl2N4/c1-10(11-7-8-13(16)14(17)9-11)20-21-15(18)19-12-5-3-2-4-6-12/h2-9H,1H3,(H3,18,19,21). The first-order valence-corrected chi connectivity index (χ1v) is 6.97. The Balaban J connectivity index is 2.09. The van der Waals surface area contributed by atoms with E-state index in [1.54, 1.807) is 12.1 Å². The summed E-state index contributed by atoms with van der Waals surface area (Å²) < 4.78 is 0. The average Bonchev–Trinajstić information content (AvgIpc) is 2.48. The molecule has 0 aromatic heterocycles. The highest BCUT2D eigenvalue weighted by atomic mass is 35.5. The second-order valence-electron chi connectivity index (χ2n) is 4.27. The Labute approximate surface area is 133 Å². The third-order valence-corrected chi connectivity index (χ3v) is 3.42. The smallest absolute Gasteiger partial charge is 0.214 e. The van der Waals surface area contributed by atoms with E-state index in [1.165, 1.54) is 0 Å². The topological polar surface area (TPSA) is 62.8 Å². The summed E-state index contributed by atoms with van der Waals surface area (Å²) in [7, 11) is 0. The van der Waals surface area contributed by atoms with Gasteiger partial charge in [-0.2, -0.15) is 5.10 Å². The predicted octanol–water partition coefficient (Wildman–Crippen LogP) is 3.95. The molecule has 2 aromatic rings. The minimum atomic E-state index is 0.209. The van der Waals surface area contributed by atoms with Gasteiger partial charge in [-0.25, -0.2) is 10.4 Å². The summed E-state index contributed by atoms with van der Waals surface area (Å²) in [5.41, 5.74) is 10.8. The zero-order valence-electron chi connectivity index (χ0n) is 11.3. The number of benzene rings is 2. The Kier molecular flexibility index (Phi) is 5.20. The summed E-state index contributed by atoms with van der Waals surface area (Å²) in [5, 5.41) is 5.16. The third kappa shape index (κ3) is 4.48. The fourth-order valence-corrected chi connectivity index (χ4v) is 1.89. The molecule has 4 nitrogen and oxygen atoms in total. The maximum atomic E-state index is 5.97. The van der Waals surface area contributed by atoms with Gasteiger partial charge in [-0.1, -0.05) is 47.5 Å². The van der Waals surface area contributed by atoms with Crippen LogP contribution in [-0.4, -0.2) is 11.7 Å². The number of para-hydroxylation sites is 1. The molecule has 0 saturated carbocycles. The van der Waals surface area contributed by atoms with Crippen molar-refractivity contribution in [3.8, 4) is 0 Å². The number of rotatable bonds is 3. The van der Waals surface area contributed by atoms with E-state index in [9.17, 15) is 0 Å². The molecule has 0 spiro atoms. The lowest BCUT2D eigenvalue weighted by Gasteiger charge is -2.04. The van der Waals surface area contributed by atoms with Gasteiger partial charge >= 0.3 is 0 Å². The first-order chi connectivity index (χ1) is 10.1. The van der Waals surface area contributed by atoms with Crippen LogP contribution < -0.4 is 11.2 Å². The maximum absolute atomic E-state index is 5.97. The van der Waals surface area contributed by atoms with Gasteiger partial charge in [0.2, 0.25) is 5.96 Å². The molecule has 6 heteroatoms. The van der Waals surface area contributed by atoms with Crippen molar-refractivity contribution in [3.63, 3.8) is 0 Å². The van der Waals surface area contributed by atoms with Crippen molar-refractivity contribution in [2.24, 2.45) is 15.8 Å². The van der Waals surface area contributed by atoms with E-state index in [1.807, 2.05) is 43.3 Å². The number of halogens is 2. The molecule has 0 saturated heterocycles. The number of hydrogen-bond acceptors (Lipinski definition) is 2. The first kappa shape index (κ1) is 15.4. The van der Waals surface area contributed by atoms with Gasteiger partial charge in [0.25, 0.3) is 0 Å². The highest BCUT2D eigenvalue weighted by Gasteiger charge is 2.02. The molecule has 0 aliphatic carbocycles. The average molecular weight is 321 g/mol. The van der Waals surface area contributed by atoms with E-state index in [2.05, 4.69) is 15.5 Å². The molecule has 2 rings (SSSR count). The van der Waals surface area contributed by atoms with E-state index < -0.39 is 0 Å². The predicted molar refractivity (Wildman–Crippen MR) is 89.5 cm³/mol. The van der Waals surface area contributed by atoms with Crippen LogP contribution in [0.25, 0.3) is 0 Å². The van der Waals surface area contributed by atoms with Crippen molar-refractivity contribution in [1.82, 2.24) is 5.43 Å². The number of aliphatic imine (C=N–C) groups is 1. The Hall–Kier alpha value is -2.04. The van der Waals surface area contributed by atoms with E-state index in [4.69, 9.17) is 28.9 Å². The number of hydrogen-bond donors (Lipinski definition) is 2. The molecule has 0 amide bonds. The van der Waals surface area contributed by atoms with Crippen molar-refractivity contribution >= 4 is 40.6 Å². The van der Waals surface area contributed by atoms with E-state index in [0.717, 1.165) is 17.0 Å². The lowest BCUT2D eigenvalue weighted by molar-refractivity contribution is 1.00. The monoisotopic (exact) mass is 320 g/mol. The van der Waals surface area contributed by atoms with E-state index >= 15 is 0 Å². The van der Waals surface area contributed by atoms with Crippen LogP contribution in [0.15, 0.2) is 58.6 Å². The molecule has 0 atom stereocenters. The Bertz CT molecular complexity index is 681. The molecule has 108 valence electrons. The van der Waals surface area contributed by atoms with Crippen LogP contribution in [0, 0.1) is 0 Å². The maximum Gasteiger partial charge on any atom is 0.214 e. The SMILES string of the molecule is CC(=NNC(N)=Nc1ccccc1)c1ccc(Cl)c(Cl)c1. The van der Waals surface area contributed by atoms with Gasteiger partial charge in [0.1, 0.15) is 0 Å². The van der Waals surface area contributed by atoms with Gasteiger partial charge in [-0.15, -0.1) is 0 Å². The van der Waals surface area contributed by atoms with Gasteiger partial charge in [0.05, 0.1) is 21.4 Å². The zero-order chi connectivity index (χ0) is 15.2. The normalized spacial score (nSPS) is 12.3. The van der Waals surface area contributed by atoms with Crippen LogP contribution in [-0.2, 0) is 0 Å². The van der Waals surface area contributed by atoms with Crippen LogP contribution in [0.3, 0.4) is 0 Å². The van der Waals surface area contributed by atoms with Crippen molar-refractivity contribution in [2.45, 2.75) is 6.92 Å². The van der Waals surface area contributed by atoms with Gasteiger partial charge in [0, 0.05) is 0 Å². The molecule has 0 bridgehead atoms. The van der Waals surface area contributed by atoms with E-state index in [-0.39, 0.29) is 5.96 Å². The molecule has 21 heavy (non-hydrogen) atoms. The Morgan fingerprint density at radius 3 is 2.43 bits per heavy atom. The quantitative estimate of drug-likeness (QED) is 0.511. The summed E-state index contributed by atoms with van der Waals surface area (Å²) >= 11 is 11.8.